The van der Waals surface area contributed by atoms with Gasteiger partial charge in [-0.15, -0.1) is 11.3 Å². The van der Waals surface area contributed by atoms with Crippen LogP contribution in [0.25, 0.3) is 10.2 Å². The lowest BCUT2D eigenvalue weighted by atomic mass is 10.3. The van der Waals surface area contributed by atoms with Crippen LogP contribution in [0.3, 0.4) is 0 Å². The van der Waals surface area contributed by atoms with Gasteiger partial charge in [0.05, 0.1) is 10.2 Å². The van der Waals surface area contributed by atoms with Crippen LogP contribution in [-0.2, 0) is 4.79 Å². The van der Waals surface area contributed by atoms with Crippen molar-refractivity contribution in [2.24, 2.45) is 0 Å². The van der Waals surface area contributed by atoms with E-state index in [1.54, 1.807) is 12.1 Å². The highest BCUT2D eigenvalue weighted by atomic mass is 32.1. The molecule has 0 fully saturated rings. The van der Waals surface area contributed by atoms with Crippen LogP contribution >= 0.6 is 23.6 Å². The second-order valence-electron chi connectivity index (χ2n) is 3.18. The van der Waals surface area contributed by atoms with E-state index >= 15 is 0 Å². The van der Waals surface area contributed by atoms with E-state index in [1.165, 1.54) is 15.9 Å². The molecule has 1 aromatic carbocycles. The molecule has 0 atom stereocenters. The SMILES string of the molecule is O=C(O)/C=C/C(=O)n1c(=S)sc2ccccc21. The van der Waals surface area contributed by atoms with Crippen molar-refractivity contribution in [1.82, 2.24) is 4.57 Å². The van der Waals surface area contributed by atoms with E-state index in [9.17, 15) is 9.59 Å². The first-order valence-corrected chi connectivity index (χ1v) is 5.88. The number of nitrogens with zero attached hydrogens (tertiary/aromatic N) is 1. The number of para-hydroxylation sites is 1. The predicted molar refractivity (Wildman–Crippen MR) is 68.1 cm³/mol. The summed E-state index contributed by atoms with van der Waals surface area (Å²) >= 11 is 6.41. The molecule has 0 aliphatic carbocycles. The van der Waals surface area contributed by atoms with Crippen LogP contribution in [0, 0.1) is 3.95 Å². The van der Waals surface area contributed by atoms with Crippen molar-refractivity contribution in [2.45, 2.75) is 0 Å². The monoisotopic (exact) mass is 265 g/mol. The smallest absolute Gasteiger partial charge is 0.328 e. The Kier molecular flexibility index (Phi) is 3.16. The van der Waals surface area contributed by atoms with Gasteiger partial charge in [-0.3, -0.25) is 9.36 Å². The Balaban J connectivity index is 2.55. The van der Waals surface area contributed by atoms with Crippen molar-refractivity contribution in [2.75, 3.05) is 0 Å². The summed E-state index contributed by atoms with van der Waals surface area (Å²) in [6, 6.07) is 7.29. The van der Waals surface area contributed by atoms with Crippen LogP contribution in [-0.4, -0.2) is 21.6 Å². The molecule has 0 saturated carbocycles. The third-order valence-electron chi connectivity index (χ3n) is 2.07. The average Bonchev–Trinajstić information content (AvgIpc) is 2.61. The quantitative estimate of drug-likeness (QED) is 0.670. The summed E-state index contributed by atoms with van der Waals surface area (Å²) in [4.78, 5) is 22.1. The summed E-state index contributed by atoms with van der Waals surface area (Å²) in [5, 5.41) is 8.47. The Hall–Kier alpha value is -1.79. The highest BCUT2D eigenvalue weighted by Crippen LogP contribution is 2.22. The zero-order valence-electron chi connectivity index (χ0n) is 8.49. The van der Waals surface area contributed by atoms with Crippen molar-refractivity contribution >= 4 is 45.6 Å². The van der Waals surface area contributed by atoms with Crippen molar-refractivity contribution in [3.63, 3.8) is 0 Å². The molecule has 1 N–H and O–H groups in total. The van der Waals surface area contributed by atoms with Gasteiger partial charge in [0.2, 0.25) is 0 Å². The average molecular weight is 265 g/mol. The Morgan fingerprint density at radius 2 is 2.00 bits per heavy atom. The van der Waals surface area contributed by atoms with Gasteiger partial charge in [-0.05, 0) is 24.4 Å². The number of aliphatic carboxylic acids is 1. The summed E-state index contributed by atoms with van der Waals surface area (Å²) in [5.74, 6) is -1.61. The fourth-order valence-electron chi connectivity index (χ4n) is 1.39. The number of carboxylic acids is 1. The van der Waals surface area contributed by atoms with Crippen LogP contribution in [0.1, 0.15) is 4.79 Å². The zero-order chi connectivity index (χ0) is 12.4. The van der Waals surface area contributed by atoms with Gasteiger partial charge in [-0.2, -0.15) is 0 Å². The van der Waals surface area contributed by atoms with Crippen LogP contribution in [0.15, 0.2) is 36.4 Å². The molecule has 0 amide bonds. The van der Waals surface area contributed by atoms with Gasteiger partial charge >= 0.3 is 5.97 Å². The predicted octanol–water partition coefficient (Wildman–Crippen LogP) is 2.71. The van der Waals surface area contributed by atoms with E-state index in [4.69, 9.17) is 17.3 Å². The van der Waals surface area contributed by atoms with E-state index in [2.05, 4.69) is 0 Å². The Bertz CT molecular complexity index is 681. The number of carbonyl (C=O) groups excluding carboxylic acids is 1. The lowest BCUT2D eigenvalue weighted by Gasteiger charge is -1.97. The molecule has 0 unspecified atom stereocenters. The van der Waals surface area contributed by atoms with Crippen LogP contribution in [0.5, 0.6) is 0 Å². The number of carboxylic acid groups (broad SMARTS) is 1. The third kappa shape index (κ3) is 2.32. The van der Waals surface area contributed by atoms with Crippen LogP contribution < -0.4 is 0 Å². The van der Waals surface area contributed by atoms with Crippen molar-refractivity contribution in [3.8, 4) is 0 Å². The molecule has 0 spiro atoms. The lowest BCUT2D eigenvalue weighted by Crippen LogP contribution is -2.07. The molecule has 0 bridgehead atoms. The molecule has 0 saturated heterocycles. The topological polar surface area (TPSA) is 59.3 Å². The maximum atomic E-state index is 11.8. The minimum atomic E-state index is -1.16. The van der Waals surface area contributed by atoms with Crippen LogP contribution in [0.4, 0.5) is 0 Å². The van der Waals surface area contributed by atoms with Gasteiger partial charge < -0.3 is 5.11 Å². The minimum Gasteiger partial charge on any atom is -0.478 e. The lowest BCUT2D eigenvalue weighted by molar-refractivity contribution is -0.131. The fraction of sp³-hybridized carbons (Fsp3) is 0. The van der Waals surface area contributed by atoms with E-state index in [1.807, 2.05) is 12.1 Å². The molecular formula is C11H7NO3S2. The number of aromatic nitrogens is 1. The van der Waals surface area contributed by atoms with Gasteiger partial charge in [0.25, 0.3) is 5.91 Å². The Labute approximate surface area is 105 Å². The number of hydrogen-bond acceptors (Lipinski definition) is 4. The highest BCUT2D eigenvalue weighted by molar-refractivity contribution is 7.73. The van der Waals surface area contributed by atoms with Gasteiger partial charge in [0.15, 0.2) is 3.95 Å². The first-order valence-electron chi connectivity index (χ1n) is 4.65. The number of thiazole rings is 1. The van der Waals surface area contributed by atoms with E-state index in [0.29, 0.717) is 9.47 Å². The van der Waals surface area contributed by atoms with Gasteiger partial charge in [-0.1, -0.05) is 12.1 Å². The first-order chi connectivity index (χ1) is 8.09. The molecule has 0 aliphatic heterocycles. The Morgan fingerprint density at radius 3 is 2.71 bits per heavy atom. The number of hydrogen-bond donors (Lipinski definition) is 1. The molecule has 86 valence electrons. The first kappa shape index (κ1) is 11.7. The summed E-state index contributed by atoms with van der Waals surface area (Å²) < 4.78 is 2.63. The summed E-state index contributed by atoms with van der Waals surface area (Å²) in [5.41, 5.74) is 0.697. The van der Waals surface area contributed by atoms with E-state index in [-0.39, 0.29) is 0 Å². The van der Waals surface area contributed by atoms with E-state index < -0.39 is 11.9 Å². The molecular weight excluding hydrogens is 258 g/mol. The molecule has 6 heteroatoms. The second kappa shape index (κ2) is 4.60. The maximum Gasteiger partial charge on any atom is 0.328 e. The van der Waals surface area contributed by atoms with Gasteiger partial charge in [0.1, 0.15) is 0 Å². The second-order valence-corrected chi connectivity index (χ2v) is 4.86. The molecule has 1 aromatic heterocycles. The number of fused-ring (bicyclic) bond motifs is 1. The molecule has 4 nitrogen and oxygen atoms in total. The zero-order valence-corrected chi connectivity index (χ0v) is 10.1. The molecule has 2 aromatic rings. The minimum absolute atomic E-state index is 0.409. The number of carbonyl (C=O) groups is 2. The molecule has 0 radical (unpaired) electrons. The highest BCUT2D eigenvalue weighted by Gasteiger charge is 2.09. The summed E-state index contributed by atoms with van der Waals surface area (Å²) in [6.07, 6.45) is 1.80. The van der Waals surface area contributed by atoms with Crippen LogP contribution in [0.2, 0.25) is 0 Å². The van der Waals surface area contributed by atoms with E-state index in [0.717, 1.165) is 16.9 Å². The molecule has 2 rings (SSSR count). The van der Waals surface area contributed by atoms with Crippen molar-refractivity contribution in [1.29, 1.82) is 0 Å². The molecule has 1 heterocycles. The molecule has 17 heavy (non-hydrogen) atoms. The van der Waals surface area contributed by atoms with Gasteiger partial charge in [0, 0.05) is 12.2 Å². The number of rotatable bonds is 2. The van der Waals surface area contributed by atoms with Crippen molar-refractivity contribution in [3.05, 3.63) is 40.4 Å². The normalized spacial score (nSPS) is 11.1. The standard InChI is InChI=1S/C11H7NO3S2/c13-9(5-6-10(14)15)12-7-3-1-2-4-8(7)17-11(12)16/h1-6H,(H,14,15)/b6-5+. The van der Waals surface area contributed by atoms with Gasteiger partial charge in [-0.25, -0.2) is 4.79 Å². The summed E-state index contributed by atoms with van der Waals surface area (Å²) in [7, 11) is 0. The number of benzene rings is 1. The molecule has 0 aliphatic rings. The third-order valence-corrected chi connectivity index (χ3v) is 3.43. The maximum absolute atomic E-state index is 11.8. The van der Waals surface area contributed by atoms with Crippen molar-refractivity contribution < 1.29 is 14.7 Å². The fourth-order valence-corrected chi connectivity index (χ4v) is 2.73. The number of allylic oxidation sites excluding steroid dienone is 1. The Morgan fingerprint density at radius 1 is 1.29 bits per heavy atom. The summed E-state index contributed by atoms with van der Waals surface area (Å²) in [6.45, 7) is 0. The largest absolute Gasteiger partial charge is 0.478 e.